The lowest BCUT2D eigenvalue weighted by Gasteiger charge is -2.18. The number of ether oxygens (including phenoxy) is 1. The molecular formula is C14H17ClN4O2S. The highest BCUT2D eigenvalue weighted by Crippen LogP contribution is 2.20. The lowest BCUT2D eigenvalue weighted by atomic mass is 10.2. The van der Waals surface area contributed by atoms with Crippen LogP contribution in [-0.2, 0) is 11.3 Å². The Hall–Kier alpha value is -1.86. The van der Waals surface area contributed by atoms with Crippen LogP contribution in [0.1, 0.15) is 25.6 Å². The highest BCUT2D eigenvalue weighted by Gasteiger charge is 2.17. The van der Waals surface area contributed by atoms with E-state index in [0.717, 1.165) is 10.7 Å². The molecule has 0 aliphatic carbocycles. The lowest BCUT2D eigenvalue weighted by Crippen LogP contribution is -2.27. The smallest absolute Gasteiger partial charge is 0.413 e. The average molecular weight is 341 g/mol. The van der Waals surface area contributed by atoms with Crippen molar-refractivity contribution in [2.75, 3.05) is 10.6 Å². The second-order valence-corrected chi connectivity index (χ2v) is 7.03. The predicted molar refractivity (Wildman–Crippen MR) is 88.5 cm³/mol. The number of carbonyl (C=O) groups is 1. The Morgan fingerprint density at radius 2 is 2.09 bits per heavy atom. The van der Waals surface area contributed by atoms with E-state index in [-0.39, 0.29) is 0 Å². The third-order valence-electron chi connectivity index (χ3n) is 2.33. The third-order valence-corrected chi connectivity index (χ3v) is 3.47. The van der Waals surface area contributed by atoms with Crippen LogP contribution in [0.25, 0.3) is 0 Å². The van der Waals surface area contributed by atoms with Crippen LogP contribution in [0, 0.1) is 0 Å². The number of thiazole rings is 1. The van der Waals surface area contributed by atoms with Gasteiger partial charge in [0.15, 0.2) is 5.13 Å². The van der Waals surface area contributed by atoms with Crippen LogP contribution in [-0.4, -0.2) is 21.7 Å². The Kier molecular flexibility index (Phi) is 5.20. The van der Waals surface area contributed by atoms with Crippen LogP contribution in [0.3, 0.4) is 0 Å². The Labute approximate surface area is 137 Å². The molecule has 0 aliphatic heterocycles. The number of pyridine rings is 1. The van der Waals surface area contributed by atoms with Gasteiger partial charge in [-0.3, -0.25) is 5.32 Å². The van der Waals surface area contributed by atoms with Crippen molar-refractivity contribution < 1.29 is 9.53 Å². The number of rotatable bonds is 4. The number of hydrogen-bond acceptors (Lipinski definition) is 6. The maximum atomic E-state index is 11.6. The number of aromatic nitrogens is 2. The zero-order valence-electron chi connectivity index (χ0n) is 12.5. The van der Waals surface area contributed by atoms with Crippen molar-refractivity contribution >= 4 is 40.0 Å². The average Bonchev–Trinajstić information content (AvgIpc) is 2.83. The van der Waals surface area contributed by atoms with Gasteiger partial charge >= 0.3 is 6.09 Å². The minimum Gasteiger partial charge on any atom is -0.444 e. The zero-order valence-corrected chi connectivity index (χ0v) is 14.1. The summed E-state index contributed by atoms with van der Waals surface area (Å²) >= 11 is 7.15. The molecule has 2 heterocycles. The topological polar surface area (TPSA) is 76.1 Å². The first kappa shape index (κ1) is 16.5. The van der Waals surface area contributed by atoms with E-state index < -0.39 is 11.7 Å². The van der Waals surface area contributed by atoms with Crippen molar-refractivity contribution in [3.63, 3.8) is 0 Å². The fourth-order valence-corrected chi connectivity index (χ4v) is 2.35. The summed E-state index contributed by atoms with van der Waals surface area (Å²) in [5, 5.41) is 6.85. The van der Waals surface area contributed by atoms with E-state index in [4.69, 9.17) is 16.3 Å². The van der Waals surface area contributed by atoms with Crippen molar-refractivity contribution in [1.29, 1.82) is 0 Å². The Morgan fingerprint density at radius 1 is 1.32 bits per heavy atom. The van der Waals surface area contributed by atoms with Crippen LogP contribution < -0.4 is 10.6 Å². The molecule has 118 valence electrons. The number of anilines is 2. The molecule has 2 aromatic heterocycles. The van der Waals surface area contributed by atoms with E-state index in [0.29, 0.717) is 16.7 Å². The molecule has 0 fully saturated rings. The summed E-state index contributed by atoms with van der Waals surface area (Å²) in [6.45, 7) is 5.98. The summed E-state index contributed by atoms with van der Waals surface area (Å²) < 4.78 is 5.17. The minimum absolute atomic E-state index is 0.495. The van der Waals surface area contributed by atoms with Gasteiger partial charge in [0.1, 0.15) is 11.4 Å². The molecule has 0 spiro atoms. The van der Waals surface area contributed by atoms with E-state index in [9.17, 15) is 4.79 Å². The molecule has 0 bridgehead atoms. The first-order chi connectivity index (χ1) is 10.3. The zero-order chi connectivity index (χ0) is 16.2. The van der Waals surface area contributed by atoms with Crippen molar-refractivity contribution in [3.05, 3.63) is 34.4 Å². The van der Waals surface area contributed by atoms with Gasteiger partial charge in [-0.25, -0.2) is 14.8 Å². The summed E-state index contributed by atoms with van der Waals surface area (Å²) in [6.07, 6.45) is 2.76. The number of nitrogens with zero attached hydrogens (tertiary/aromatic N) is 2. The highest BCUT2D eigenvalue weighted by atomic mass is 35.5. The first-order valence-corrected chi connectivity index (χ1v) is 7.81. The van der Waals surface area contributed by atoms with Crippen molar-refractivity contribution in [2.45, 2.75) is 32.9 Å². The molecule has 0 saturated heterocycles. The number of carbonyl (C=O) groups excluding carboxylic acids is 1. The summed E-state index contributed by atoms with van der Waals surface area (Å²) in [7, 11) is 0. The van der Waals surface area contributed by atoms with Gasteiger partial charge in [0, 0.05) is 17.3 Å². The molecule has 0 aromatic carbocycles. The Bertz CT molecular complexity index is 637. The predicted octanol–water partition coefficient (Wildman–Crippen LogP) is 4.15. The van der Waals surface area contributed by atoms with Gasteiger partial charge in [-0.1, -0.05) is 22.9 Å². The van der Waals surface area contributed by atoms with Gasteiger partial charge < -0.3 is 10.1 Å². The van der Waals surface area contributed by atoms with Gasteiger partial charge in [-0.15, -0.1) is 0 Å². The molecule has 8 heteroatoms. The molecule has 22 heavy (non-hydrogen) atoms. The molecule has 0 saturated carbocycles. The maximum Gasteiger partial charge on any atom is 0.413 e. The van der Waals surface area contributed by atoms with Crippen molar-refractivity contribution in [3.8, 4) is 0 Å². The molecule has 6 nitrogen and oxygen atoms in total. The second kappa shape index (κ2) is 6.93. The van der Waals surface area contributed by atoms with Crippen LogP contribution >= 0.6 is 22.9 Å². The first-order valence-electron chi connectivity index (χ1n) is 6.62. The standard InChI is InChI=1S/C14H17ClN4O2S/c1-14(2,3)21-13(20)19-12-18-8-10(22-12)7-17-11-5-4-9(15)6-16-11/h4-6,8H,7H2,1-3H3,(H,16,17)(H,18,19,20). The molecule has 0 atom stereocenters. The quantitative estimate of drug-likeness (QED) is 0.874. The normalized spacial score (nSPS) is 11.1. The summed E-state index contributed by atoms with van der Waals surface area (Å²) in [6, 6.07) is 3.56. The van der Waals surface area contributed by atoms with Gasteiger partial charge in [-0.05, 0) is 32.9 Å². The Balaban J connectivity index is 1.86. The monoisotopic (exact) mass is 340 g/mol. The fraction of sp³-hybridized carbons (Fsp3) is 0.357. The van der Waals surface area contributed by atoms with E-state index in [1.54, 1.807) is 24.5 Å². The van der Waals surface area contributed by atoms with Crippen molar-refractivity contribution in [2.24, 2.45) is 0 Å². The van der Waals surface area contributed by atoms with E-state index in [2.05, 4.69) is 20.6 Å². The van der Waals surface area contributed by atoms with Gasteiger partial charge in [0.25, 0.3) is 0 Å². The number of amides is 1. The van der Waals surface area contributed by atoms with E-state index >= 15 is 0 Å². The SMILES string of the molecule is CC(C)(C)OC(=O)Nc1ncc(CNc2ccc(Cl)cn2)s1. The van der Waals surface area contributed by atoms with E-state index in [1.807, 2.05) is 20.8 Å². The van der Waals surface area contributed by atoms with Crippen LogP contribution in [0.2, 0.25) is 5.02 Å². The fourth-order valence-electron chi connectivity index (χ4n) is 1.50. The molecule has 2 aromatic rings. The molecule has 0 radical (unpaired) electrons. The number of hydrogen-bond donors (Lipinski definition) is 2. The van der Waals surface area contributed by atoms with Gasteiger partial charge in [-0.2, -0.15) is 0 Å². The summed E-state index contributed by atoms with van der Waals surface area (Å²) in [5.74, 6) is 0.722. The number of halogens is 1. The largest absolute Gasteiger partial charge is 0.444 e. The Morgan fingerprint density at radius 3 is 2.73 bits per heavy atom. The highest BCUT2D eigenvalue weighted by molar-refractivity contribution is 7.15. The number of nitrogens with one attached hydrogen (secondary N) is 2. The second-order valence-electron chi connectivity index (χ2n) is 5.47. The van der Waals surface area contributed by atoms with Gasteiger partial charge in [0.05, 0.1) is 11.6 Å². The van der Waals surface area contributed by atoms with Gasteiger partial charge in [0.2, 0.25) is 0 Å². The molecule has 2 rings (SSSR count). The maximum absolute atomic E-state index is 11.6. The molecule has 1 amide bonds. The van der Waals surface area contributed by atoms with E-state index in [1.165, 1.54) is 11.3 Å². The third kappa shape index (κ3) is 5.50. The molecular weight excluding hydrogens is 324 g/mol. The summed E-state index contributed by atoms with van der Waals surface area (Å²) in [5.41, 5.74) is -0.536. The molecule has 0 aliphatic rings. The van der Waals surface area contributed by atoms with Crippen LogP contribution in [0.5, 0.6) is 0 Å². The lowest BCUT2D eigenvalue weighted by molar-refractivity contribution is 0.0636. The van der Waals surface area contributed by atoms with Crippen LogP contribution in [0.4, 0.5) is 15.7 Å². The summed E-state index contributed by atoms with van der Waals surface area (Å²) in [4.78, 5) is 20.9. The molecule has 2 N–H and O–H groups in total. The minimum atomic E-state index is -0.536. The van der Waals surface area contributed by atoms with Crippen LogP contribution in [0.15, 0.2) is 24.5 Å². The van der Waals surface area contributed by atoms with Crippen molar-refractivity contribution in [1.82, 2.24) is 9.97 Å². The molecule has 0 unspecified atom stereocenters.